The number of hydrogen-bond acceptors (Lipinski definition) is 4. The predicted molar refractivity (Wildman–Crippen MR) is 102 cm³/mol. The van der Waals surface area contributed by atoms with Gasteiger partial charge in [-0.3, -0.25) is 19.6 Å². The van der Waals surface area contributed by atoms with E-state index in [0.717, 1.165) is 11.1 Å². The van der Waals surface area contributed by atoms with E-state index in [1.807, 2.05) is 43.3 Å². The lowest BCUT2D eigenvalue weighted by molar-refractivity contribution is 0.0946. The minimum atomic E-state index is -0.333. The first kappa shape index (κ1) is 18.3. The number of hydrogen-bond donors (Lipinski definition) is 2. The van der Waals surface area contributed by atoms with Gasteiger partial charge in [0.2, 0.25) is 0 Å². The van der Waals surface area contributed by atoms with Gasteiger partial charge in [-0.15, -0.1) is 0 Å². The maximum atomic E-state index is 12.4. The number of benzene rings is 1. The van der Waals surface area contributed by atoms with E-state index in [2.05, 4.69) is 20.6 Å². The molecule has 0 aliphatic heterocycles. The minimum Gasteiger partial charge on any atom is -0.348 e. The van der Waals surface area contributed by atoms with E-state index in [1.54, 1.807) is 18.5 Å². The van der Waals surface area contributed by atoms with E-state index in [-0.39, 0.29) is 17.5 Å². The molecule has 0 unspecified atom stereocenters. The quantitative estimate of drug-likeness (QED) is 0.708. The Morgan fingerprint density at radius 2 is 1.44 bits per heavy atom. The molecule has 6 nitrogen and oxygen atoms in total. The summed E-state index contributed by atoms with van der Waals surface area (Å²) in [6.45, 7) is 2.80. The summed E-state index contributed by atoms with van der Waals surface area (Å²) >= 11 is 0. The number of amides is 2. The van der Waals surface area contributed by atoms with Gasteiger partial charge in [-0.25, -0.2) is 0 Å². The van der Waals surface area contributed by atoms with Gasteiger partial charge in [-0.1, -0.05) is 29.8 Å². The lowest BCUT2D eigenvalue weighted by Crippen LogP contribution is -2.26. The van der Waals surface area contributed by atoms with Crippen molar-refractivity contribution in [1.82, 2.24) is 20.6 Å². The lowest BCUT2D eigenvalue weighted by atomic mass is 10.1. The molecule has 3 aromatic rings. The number of carbonyl (C=O) groups is 2. The predicted octanol–water partition coefficient (Wildman–Crippen LogP) is 2.65. The SMILES string of the molecule is Cc1ccc(CNC(=O)c2ccnc(C(=O)NCc3ccncc3)c2)cc1. The maximum absolute atomic E-state index is 12.4. The van der Waals surface area contributed by atoms with Crippen molar-refractivity contribution in [3.8, 4) is 0 Å². The normalized spacial score (nSPS) is 10.3. The van der Waals surface area contributed by atoms with Gasteiger partial charge in [0.15, 0.2) is 0 Å². The third-order valence-corrected chi connectivity index (χ3v) is 4.03. The molecule has 2 N–H and O–H groups in total. The molecule has 0 spiro atoms. The first-order valence-electron chi connectivity index (χ1n) is 8.59. The zero-order chi connectivity index (χ0) is 19.1. The van der Waals surface area contributed by atoms with Crippen LogP contribution in [0.15, 0.2) is 67.1 Å². The van der Waals surface area contributed by atoms with Crippen LogP contribution in [-0.4, -0.2) is 21.8 Å². The Bertz CT molecular complexity index is 924. The van der Waals surface area contributed by atoms with Gasteiger partial charge in [0.1, 0.15) is 5.69 Å². The van der Waals surface area contributed by atoms with Crippen LogP contribution in [0.4, 0.5) is 0 Å². The Balaban J connectivity index is 1.59. The molecular weight excluding hydrogens is 340 g/mol. The molecule has 2 heterocycles. The van der Waals surface area contributed by atoms with E-state index in [4.69, 9.17) is 0 Å². The highest BCUT2D eigenvalue weighted by molar-refractivity contribution is 5.98. The fraction of sp³-hybridized carbons (Fsp3) is 0.143. The first-order chi connectivity index (χ1) is 13.1. The molecule has 0 saturated carbocycles. The summed E-state index contributed by atoms with van der Waals surface area (Å²) in [5.41, 5.74) is 3.71. The van der Waals surface area contributed by atoms with Gasteiger partial charge in [0, 0.05) is 37.2 Å². The molecule has 0 atom stereocenters. The Hall–Kier alpha value is -3.54. The summed E-state index contributed by atoms with van der Waals surface area (Å²) in [6.07, 6.45) is 4.79. The van der Waals surface area contributed by atoms with Crippen molar-refractivity contribution in [2.75, 3.05) is 0 Å². The van der Waals surface area contributed by atoms with E-state index >= 15 is 0 Å². The molecule has 6 heteroatoms. The molecule has 2 aromatic heterocycles. The molecule has 3 rings (SSSR count). The van der Waals surface area contributed by atoms with Crippen molar-refractivity contribution in [3.63, 3.8) is 0 Å². The number of pyridine rings is 2. The van der Waals surface area contributed by atoms with Crippen LogP contribution in [0.1, 0.15) is 37.5 Å². The van der Waals surface area contributed by atoms with Crippen molar-refractivity contribution in [2.45, 2.75) is 20.0 Å². The number of nitrogens with zero attached hydrogens (tertiary/aromatic N) is 2. The van der Waals surface area contributed by atoms with Gasteiger partial charge in [0.25, 0.3) is 11.8 Å². The highest BCUT2D eigenvalue weighted by atomic mass is 16.2. The van der Waals surface area contributed by atoms with Crippen molar-refractivity contribution >= 4 is 11.8 Å². The highest BCUT2D eigenvalue weighted by Gasteiger charge is 2.11. The Morgan fingerprint density at radius 3 is 2.15 bits per heavy atom. The van der Waals surface area contributed by atoms with Gasteiger partial charge < -0.3 is 10.6 Å². The Morgan fingerprint density at radius 1 is 0.815 bits per heavy atom. The topological polar surface area (TPSA) is 84.0 Å². The average molecular weight is 360 g/mol. The van der Waals surface area contributed by atoms with Gasteiger partial charge in [-0.2, -0.15) is 0 Å². The maximum Gasteiger partial charge on any atom is 0.270 e. The molecule has 0 saturated heterocycles. The van der Waals surface area contributed by atoms with Crippen LogP contribution in [-0.2, 0) is 13.1 Å². The van der Waals surface area contributed by atoms with E-state index in [1.165, 1.54) is 17.8 Å². The zero-order valence-electron chi connectivity index (χ0n) is 15.0. The average Bonchev–Trinajstić information content (AvgIpc) is 2.72. The largest absolute Gasteiger partial charge is 0.348 e. The second-order valence-electron chi connectivity index (χ2n) is 6.14. The summed E-state index contributed by atoms with van der Waals surface area (Å²) in [4.78, 5) is 32.6. The first-order valence-corrected chi connectivity index (χ1v) is 8.59. The zero-order valence-corrected chi connectivity index (χ0v) is 15.0. The van der Waals surface area contributed by atoms with E-state index in [9.17, 15) is 9.59 Å². The summed E-state index contributed by atoms with van der Waals surface area (Å²) in [5.74, 6) is -0.582. The monoisotopic (exact) mass is 360 g/mol. The van der Waals surface area contributed by atoms with Crippen LogP contribution >= 0.6 is 0 Å². The van der Waals surface area contributed by atoms with Crippen LogP contribution in [0.5, 0.6) is 0 Å². The van der Waals surface area contributed by atoms with Gasteiger partial charge >= 0.3 is 0 Å². The van der Waals surface area contributed by atoms with E-state index in [0.29, 0.717) is 18.7 Å². The van der Waals surface area contributed by atoms with Gasteiger partial charge in [0.05, 0.1) is 0 Å². The number of aromatic nitrogens is 2. The van der Waals surface area contributed by atoms with E-state index < -0.39 is 0 Å². The summed E-state index contributed by atoms with van der Waals surface area (Å²) in [6, 6.07) is 14.7. The lowest BCUT2D eigenvalue weighted by Gasteiger charge is -2.08. The Kier molecular flexibility index (Phi) is 5.89. The molecule has 1 aromatic carbocycles. The van der Waals surface area contributed by atoms with Crippen molar-refractivity contribution in [2.24, 2.45) is 0 Å². The second kappa shape index (κ2) is 8.71. The summed E-state index contributed by atoms with van der Waals surface area (Å²) in [5, 5.41) is 5.64. The standard InChI is InChI=1S/C21H20N4O2/c1-15-2-4-16(5-3-15)13-24-20(26)18-8-11-23-19(12-18)21(27)25-14-17-6-9-22-10-7-17/h2-12H,13-14H2,1H3,(H,24,26)(H,25,27). The fourth-order valence-electron chi connectivity index (χ4n) is 2.46. The van der Waals surface area contributed by atoms with Crippen LogP contribution in [0.25, 0.3) is 0 Å². The second-order valence-corrected chi connectivity index (χ2v) is 6.14. The molecule has 0 fully saturated rings. The van der Waals surface area contributed by atoms with Crippen molar-refractivity contribution in [3.05, 3.63) is 95.1 Å². The molecule has 0 aliphatic rings. The molecule has 2 amide bonds. The minimum absolute atomic E-state index is 0.201. The molecule has 136 valence electrons. The van der Waals surface area contributed by atoms with Crippen LogP contribution in [0, 0.1) is 6.92 Å². The van der Waals surface area contributed by atoms with Crippen LogP contribution in [0.3, 0.4) is 0 Å². The number of aryl methyl sites for hydroxylation is 1. The highest BCUT2D eigenvalue weighted by Crippen LogP contribution is 2.06. The van der Waals surface area contributed by atoms with Gasteiger partial charge in [-0.05, 0) is 42.3 Å². The summed E-state index contributed by atoms with van der Waals surface area (Å²) in [7, 11) is 0. The number of carbonyl (C=O) groups excluding carboxylic acids is 2. The molecule has 0 bridgehead atoms. The number of nitrogens with one attached hydrogen (secondary N) is 2. The molecular formula is C21H20N4O2. The van der Waals surface area contributed by atoms with Crippen LogP contribution < -0.4 is 10.6 Å². The number of rotatable bonds is 6. The fourth-order valence-corrected chi connectivity index (χ4v) is 2.46. The molecule has 27 heavy (non-hydrogen) atoms. The summed E-state index contributed by atoms with van der Waals surface area (Å²) < 4.78 is 0. The third kappa shape index (κ3) is 5.22. The smallest absolute Gasteiger partial charge is 0.270 e. The Labute approximate surface area is 157 Å². The van der Waals surface area contributed by atoms with Crippen molar-refractivity contribution in [1.29, 1.82) is 0 Å². The van der Waals surface area contributed by atoms with Crippen molar-refractivity contribution < 1.29 is 9.59 Å². The third-order valence-electron chi connectivity index (χ3n) is 4.03. The van der Waals surface area contributed by atoms with Crippen LogP contribution in [0.2, 0.25) is 0 Å². The molecule has 0 aliphatic carbocycles. The molecule has 0 radical (unpaired) electrons.